The first-order valence-electron chi connectivity index (χ1n) is 6.35. The Morgan fingerprint density at radius 3 is 2.39 bits per heavy atom. The molecule has 0 aromatic rings. The molecule has 18 heavy (non-hydrogen) atoms. The average molecular weight is 258 g/mol. The van der Waals surface area contributed by atoms with E-state index in [2.05, 4.69) is 17.6 Å². The van der Waals surface area contributed by atoms with Crippen molar-refractivity contribution in [2.45, 2.75) is 45.1 Å². The van der Waals surface area contributed by atoms with Gasteiger partial charge in [-0.05, 0) is 18.3 Å². The van der Waals surface area contributed by atoms with Gasteiger partial charge in [-0.15, -0.1) is 0 Å². The van der Waals surface area contributed by atoms with Crippen molar-refractivity contribution in [1.82, 2.24) is 10.6 Å². The fourth-order valence-electron chi connectivity index (χ4n) is 2.27. The van der Waals surface area contributed by atoms with Crippen molar-refractivity contribution in [3.63, 3.8) is 0 Å². The SMILES string of the molecule is CC1(CNC(=O)N[C@H](CO)C(=O)O)CCCCC1. The molecule has 1 aliphatic rings. The summed E-state index contributed by atoms with van der Waals surface area (Å²) in [6, 6.07) is -1.78. The van der Waals surface area contributed by atoms with Crippen LogP contribution >= 0.6 is 0 Å². The van der Waals surface area contributed by atoms with Crippen LogP contribution in [0.1, 0.15) is 39.0 Å². The van der Waals surface area contributed by atoms with Crippen LogP contribution < -0.4 is 10.6 Å². The van der Waals surface area contributed by atoms with Crippen LogP contribution in [0.4, 0.5) is 4.79 Å². The van der Waals surface area contributed by atoms with Crippen LogP contribution in [-0.4, -0.2) is 41.4 Å². The highest BCUT2D eigenvalue weighted by Gasteiger charge is 2.27. The minimum Gasteiger partial charge on any atom is -0.480 e. The Labute approximate surface area is 107 Å². The molecule has 0 radical (unpaired) electrons. The van der Waals surface area contributed by atoms with Gasteiger partial charge < -0.3 is 20.8 Å². The average Bonchev–Trinajstić information content (AvgIpc) is 2.34. The molecule has 0 unspecified atom stereocenters. The number of aliphatic hydroxyl groups excluding tert-OH is 1. The topological polar surface area (TPSA) is 98.7 Å². The van der Waals surface area contributed by atoms with Crippen LogP contribution in [0.5, 0.6) is 0 Å². The standard InChI is InChI=1S/C12H22N2O4/c1-12(5-3-2-4-6-12)8-13-11(18)14-9(7-15)10(16)17/h9,15H,2-8H2,1H3,(H,16,17)(H2,13,14,18)/t9-/m1/s1. The molecule has 0 aromatic heterocycles. The molecule has 1 fully saturated rings. The van der Waals surface area contributed by atoms with Crippen molar-refractivity contribution in [2.75, 3.05) is 13.2 Å². The second kappa shape index (κ2) is 6.58. The summed E-state index contributed by atoms with van der Waals surface area (Å²) < 4.78 is 0. The molecule has 0 spiro atoms. The number of carbonyl (C=O) groups excluding carboxylic acids is 1. The third-order valence-electron chi connectivity index (χ3n) is 3.52. The second-order valence-corrected chi connectivity index (χ2v) is 5.27. The number of hydrogen-bond acceptors (Lipinski definition) is 3. The monoisotopic (exact) mass is 258 g/mol. The number of aliphatic carboxylic acids is 1. The smallest absolute Gasteiger partial charge is 0.328 e. The highest BCUT2D eigenvalue weighted by atomic mass is 16.4. The van der Waals surface area contributed by atoms with E-state index in [9.17, 15) is 9.59 Å². The van der Waals surface area contributed by atoms with Crippen molar-refractivity contribution < 1.29 is 19.8 Å². The number of carboxylic acids is 1. The van der Waals surface area contributed by atoms with Crippen molar-refractivity contribution in [3.05, 3.63) is 0 Å². The van der Waals surface area contributed by atoms with Gasteiger partial charge in [0.2, 0.25) is 0 Å². The zero-order valence-corrected chi connectivity index (χ0v) is 10.7. The summed E-state index contributed by atoms with van der Waals surface area (Å²) >= 11 is 0. The van der Waals surface area contributed by atoms with Crippen LogP contribution in [-0.2, 0) is 4.79 Å². The summed E-state index contributed by atoms with van der Waals surface area (Å²) in [5, 5.41) is 22.4. The van der Waals surface area contributed by atoms with Crippen LogP contribution in [0.3, 0.4) is 0 Å². The number of hydrogen-bond donors (Lipinski definition) is 4. The van der Waals surface area contributed by atoms with Gasteiger partial charge in [0.1, 0.15) is 0 Å². The van der Waals surface area contributed by atoms with E-state index in [1.54, 1.807) is 0 Å². The number of aliphatic hydroxyl groups is 1. The molecule has 104 valence electrons. The predicted octanol–water partition coefficient (Wildman–Crippen LogP) is 0.701. The maximum absolute atomic E-state index is 11.5. The van der Waals surface area contributed by atoms with Crippen LogP contribution in [0, 0.1) is 5.41 Å². The Bertz CT molecular complexity index is 300. The number of carboxylic acid groups (broad SMARTS) is 1. The first-order chi connectivity index (χ1) is 8.47. The summed E-state index contributed by atoms with van der Waals surface area (Å²) in [5.74, 6) is -1.24. The third kappa shape index (κ3) is 4.52. The maximum Gasteiger partial charge on any atom is 0.328 e. The first kappa shape index (κ1) is 14.8. The van der Waals surface area contributed by atoms with Crippen molar-refractivity contribution in [2.24, 2.45) is 5.41 Å². The quantitative estimate of drug-likeness (QED) is 0.583. The molecule has 1 saturated carbocycles. The molecule has 6 nitrogen and oxygen atoms in total. The molecule has 4 N–H and O–H groups in total. The molecule has 1 atom stereocenters. The summed E-state index contributed by atoms with van der Waals surface area (Å²) in [4.78, 5) is 22.1. The van der Waals surface area contributed by atoms with Gasteiger partial charge in [0.05, 0.1) is 6.61 Å². The first-order valence-corrected chi connectivity index (χ1v) is 6.35. The number of carbonyl (C=O) groups is 2. The molecular formula is C12H22N2O4. The Kier molecular flexibility index (Phi) is 5.40. The zero-order chi connectivity index (χ0) is 13.6. The third-order valence-corrected chi connectivity index (χ3v) is 3.52. The van der Waals surface area contributed by atoms with Gasteiger partial charge in [0.15, 0.2) is 6.04 Å². The summed E-state index contributed by atoms with van der Waals surface area (Å²) in [7, 11) is 0. The lowest BCUT2D eigenvalue weighted by Crippen LogP contribution is -2.50. The van der Waals surface area contributed by atoms with Gasteiger partial charge in [-0.2, -0.15) is 0 Å². The molecule has 0 saturated heterocycles. The van der Waals surface area contributed by atoms with Gasteiger partial charge in [-0.1, -0.05) is 26.2 Å². The van der Waals surface area contributed by atoms with E-state index >= 15 is 0 Å². The molecule has 1 rings (SSSR count). The second-order valence-electron chi connectivity index (χ2n) is 5.27. The largest absolute Gasteiger partial charge is 0.480 e. The number of rotatable bonds is 5. The van der Waals surface area contributed by atoms with Crippen LogP contribution in [0.25, 0.3) is 0 Å². The molecular weight excluding hydrogens is 236 g/mol. The zero-order valence-electron chi connectivity index (χ0n) is 10.7. The summed E-state index contributed by atoms with van der Waals surface area (Å²) in [5.41, 5.74) is 0.105. The van der Waals surface area contributed by atoms with Gasteiger partial charge in [0.25, 0.3) is 0 Å². The molecule has 0 aliphatic heterocycles. The van der Waals surface area contributed by atoms with E-state index < -0.39 is 24.6 Å². The fraction of sp³-hybridized carbons (Fsp3) is 0.833. The van der Waals surface area contributed by atoms with E-state index in [-0.39, 0.29) is 5.41 Å². The molecule has 0 bridgehead atoms. The van der Waals surface area contributed by atoms with E-state index in [1.807, 2.05) is 0 Å². The minimum atomic E-state index is -1.25. The Morgan fingerprint density at radius 1 is 1.28 bits per heavy atom. The molecule has 2 amide bonds. The number of urea groups is 1. The Hall–Kier alpha value is -1.30. The number of nitrogens with one attached hydrogen (secondary N) is 2. The lowest BCUT2D eigenvalue weighted by Gasteiger charge is -2.33. The van der Waals surface area contributed by atoms with Crippen LogP contribution in [0.15, 0.2) is 0 Å². The Balaban J connectivity index is 2.34. The molecule has 0 heterocycles. The predicted molar refractivity (Wildman–Crippen MR) is 66.2 cm³/mol. The molecule has 6 heteroatoms. The normalized spacial score (nSPS) is 19.9. The van der Waals surface area contributed by atoms with Crippen molar-refractivity contribution >= 4 is 12.0 Å². The van der Waals surface area contributed by atoms with E-state index in [4.69, 9.17) is 10.2 Å². The van der Waals surface area contributed by atoms with Gasteiger partial charge in [0, 0.05) is 6.54 Å². The van der Waals surface area contributed by atoms with Crippen LogP contribution in [0.2, 0.25) is 0 Å². The van der Waals surface area contributed by atoms with Crippen molar-refractivity contribution in [1.29, 1.82) is 0 Å². The fourth-order valence-corrected chi connectivity index (χ4v) is 2.27. The summed E-state index contributed by atoms with van der Waals surface area (Å²) in [6.45, 7) is 2.06. The molecule has 1 aliphatic carbocycles. The van der Waals surface area contributed by atoms with Crippen molar-refractivity contribution in [3.8, 4) is 0 Å². The maximum atomic E-state index is 11.5. The lowest BCUT2D eigenvalue weighted by atomic mass is 9.76. The van der Waals surface area contributed by atoms with E-state index in [1.165, 1.54) is 19.3 Å². The molecule has 0 aromatic carbocycles. The van der Waals surface area contributed by atoms with Gasteiger partial charge >= 0.3 is 12.0 Å². The highest BCUT2D eigenvalue weighted by Crippen LogP contribution is 2.34. The van der Waals surface area contributed by atoms with Gasteiger partial charge in [-0.3, -0.25) is 0 Å². The Morgan fingerprint density at radius 2 is 1.89 bits per heavy atom. The van der Waals surface area contributed by atoms with E-state index in [0.29, 0.717) is 6.54 Å². The minimum absolute atomic E-state index is 0.105. The highest BCUT2D eigenvalue weighted by molar-refractivity contribution is 5.82. The number of amides is 2. The lowest BCUT2D eigenvalue weighted by molar-refractivity contribution is -0.140. The van der Waals surface area contributed by atoms with E-state index in [0.717, 1.165) is 12.8 Å². The van der Waals surface area contributed by atoms with Gasteiger partial charge in [-0.25, -0.2) is 9.59 Å². The summed E-state index contributed by atoms with van der Waals surface area (Å²) in [6.07, 6.45) is 5.75.